The van der Waals surface area contributed by atoms with Crippen LogP contribution in [0.3, 0.4) is 0 Å². The van der Waals surface area contributed by atoms with Crippen LogP contribution >= 0.6 is 11.3 Å². The van der Waals surface area contributed by atoms with Gasteiger partial charge in [0.25, 0.3) is 10.0 Å². The summed E-state index contributed by atoms with van der Waals surface area (Å²) in [5.74, 6) is 3.02. The van der Waals surface area contributed by atoms with Crippen molar-refractivity contribution in [3.63, 3.8) is 0 Å². The van der Waals surface area contributed by atoms with Gasteiger partial charge in [0, 0.05) is 17.8 Å². The first-order chi connectivity index (χ1) is 14.4. The molecular weight excluding hydrogens is 420 g/mol. The first-order valence-electron chi connectivity index (χ1n) is 10.7. The molecule has 4 aliphatic rings. The van der Waals surface area contributed by atoms with E-state index in [1.807, 2.05) is 0 Å². The summed E-state index contributed by atoms with van der Waals surface area (Å²) in [7, 11) is -2.12. The molecule has 0 unspecified atom stereocenters. The van der Waals surface area contributed by atoms with Crippen molar-refractivity contribution >= 4 is 26.5 Å². The van der Waals surface area contributed by atoms with E-state index in [0.717, 1.165) is 23.4 Å². The molecule has 0 spiro atoms. The summed E-state index contributed by atoms with van der Waals surface area (Å²) in [6, 6.07) is 6.29. The van der Waals surface area contributed by atoms with Crippen molar-refractivity contribution in [3.05, 3.63) is 35.3 Å². The number of thiazole rings is 1. The van der Waals surface area contributed by atoms with E-state index < -0.39 is 10.0 Å². The topological polar surface area (TPSA) is 79.7 Å². The summed E-state index contributed by atoms with van der Waals surface area (Å²) in [6.45, 7) is 0.0944. The smallest absolute Gasteiger partial charge is 0.265 e. The molecule has 1 N–H and O–H groups in total. The van der Waals surface area contributed by atoms with Gasteiger partial charge in [0.2, 0.25) is 0 Å². The van der Waals surface area contributed by atoms with E-state index in [-0.39, 0.29) is 23.5 Å². The number of aromatic nitrogens is 1. The molecule has 6 nitrogen and oxygen atoms in total. The Morgan fingerprint density at radius 3 is 2.30 bits per heavy atom. The highest BCUT2D eigenvalue weighted by molar-refractivity contribution is 7.93. The minimum absolute atomic E-state index is 0.0844. The molecule has 8 heteroatoms. The van der Waals surface area contributed by atoms with E-state index >= 15 is 0 Å². The van der Waals surface area contributed by atoms with E-state index in [1.54, 1.807) is 19.2 Å². The lowest BCUT2D eigenvalue weighted by Gasteiger charge is -2.56. The second-order valence-corrected chi connectivity index (χ2v) is 12.0. The quantitative estimate of drug-likeness (QED) is 0.697. The Labute approximate surface area is 182 Å². The van der Waals surface area contributed by atoms with Crippen LogP contribution < -0.4 is 9.04 Å². The van der Waals surface area contributed by atoms with E-state index in [2.05, 4.69) is 5.38 Å². The third-order valence-electron chi connectivity index (χ3n) is 7.19. The molecule has 2 aromatic rings. The number of aliphatic hydroxyl groups is 1. The van der Waals surface area contributed by atoms with Gasteiger partial charge in [-0.3, -0.25) is 0 Å². The lowest BCUT2D eigenvalue weighted by atomic mass is 9.49. The first kappa shape index (κ1) is 20.3. The molecule has 0 radical (unpaired) electrons. The van der Waals surface area contributed by atoms with Gasteiger partial charge in [0.05, 0.1) is 17.2 Å². The third kappa shape index (κ3) is 3.42. The fraction of sp³-hybridized carbons (Fsp3) is 0.591. The van der Waals surface area contributed by atoms with Crippen molar-refractivity contribution < 1.29 is 18.3 Å². The number of hydrogen-bond donors (Lipinski definition) is 1. The summed E-state index contributed by atoms with van der Waals surface area (Å²) in [5.41, 5.74) is 1.27. The summed E-state index contributed by atoms with van der Waals surface area (Å²) >= 11 is 1.43. The Bertz CT molecular complexity index is 981. The fourth-order valence-corrected chi connectivity index (χ4v) is 8.49. The van der Waals surface area contributed by atoms with Crippen LogP contribution in [0.1, 0.15) is 44.2 Å². The Morgan fingerprint density at radius 2 is 1.73 bits per heavy atom. The molecule has 1 aromatic carbocycles. The Balaban J connectivity index is 1.37. The Kier molecular flexibility index (Phi) is 5.07. The molecule has 4 saturated carbocycles. The molecule has 0 aliphatic heterocycles. The minimum Gasteiger partial charge on any atom is -0.491 e. The predicted molar refractivity (Wildman–Crippen MR) is 117 cm³/mol. The lowest BCUT2D eigenvalue weighted by molar-refractivity contribution is -0.00689. The fourth-order valence-electron chi connectivity index (χ4n) is 6.21. The monoisotopic (exact) mass is 448 g/mol. The van der Waals surface area contributed by atoms with Crippen LogP contribution in [0.15, 0.2) is 34.5 Å². The van der Waals surface area contributed by atoms with Gasteiger partial charge in [-0.05, 0) is 80.5 Å². The number of rotatable bonds is 7. The van der Waals surface area contributed by atoms with Crippen molar-refractivity contribution in [2.45, 2.75) is 48.8 Å². The summed E-state index contributed by atoms with van der Waals surface area (Å²) in [5, 5.41) is 11.5. The average molecular weight is 449 g/mol. The predicted octanol–water partition coefficient (Wildman–Crippen LogP) is 3.81. The molecule has 4 bridgehead atoms. The van der Waals surface area contributed by atoms with Crippen LogP contribution in [-0.4, -0.2) is 38.8 Å². The van der Waals surface area contributed by atoms with Crippen molar-refractivity contribution in [2.24, 2.45) is 17.8 Å². The number of hydrogen-bond acceptors (Lipinski definition) is 6. The van der Waals surface area contributed by atoms with Crippen LogP contribution in [0.5, 0.6) is 5.75 Å². The number of sulfonamides is 1. The third-order valence-corrected chi connectivity index (χ3v) is 9.98. The van der Waals surface area contributed by atoms with Crippen LogP contribution in [0.4, 0.5) is 5.13 Å². The molecule has 0 atom stereocenters. The molecule has 0 saturated heterocycles. The summed E-state index contributed by atoms with van der Waals surface area (Å²) < 4.78 is 32.9. The molecule has 1 aromatic heterocycles. The lowest BCUT2D eigenvalue weighted by Crippen LogP contribution is -2.48. The van der Waals surface area contributed by atoms with Gasteiger partial charge in [-0.1, -0.05) is 0 Å². The zero-order valence-corrected chi connectivity index (χ0v) is 18.8. The minimum atomic E-state index is -3.70. The molecular formula is C22H28N2O4S2. The zero-order valence-electron chi connectivity index (χ0n) is 17.2. The van der Waals surface area contributed by atoms with E-state index in [9.17, 15) is 8.42 Å². The van der Waals surface area contributed by atoms with Crippen LogP contribution in [0.2, 0.25) is 0 Å². The first-order valence-corrected chi connectivity index (χ1v) is 13.0. The van der Waals surface area contributed by atoms with Gasteiger partial charge in [-0.15, -0.1) is 11.3 Å². The standard InChI is InChI=1S/C22H28N2O4S2/c1-24(30(26,27)19-4-2-18(3-5-19)28-7-6-25)21-23-20(14-29-21)22-11-15-8-16(12-22)10-17(9-15)13-22/h2-5,14-17,25H,6-13H2,1H3. The maximum absolute atomic E-state index is 13.1. The van der Waals surface area contributed by atoms with Crippen molar-refractivity contribution in [1.29, 1.82) is 0 Å². The van der Waals surface area contributed by atoms with E-state index in [0.29, 0.717) is 10.9 Å². The number of anilines is 1. The van der Waals surface area contributed by atoms with Crippen molar-refractivity contribution in [1.82, 2.24) is 4.98 Å². The largest absolute Gasteiger partial charge is 0.491 e. The normalized spacial score (nSPS) is 29.9. The highest BCUT2D eigenvalue weighted by Gasteiger charge is 2.52. The second-order valence-electron chi connectivity index (χ2n) is 9.23. The SMILES string of the molecule is CN(c1nc(C23CC4CC(CC(C4)C2)C3)cs1)S(=O)(=O)c1ccc(OCCO)cc1. The Hall–Kier alpha value is -1.64. The summed E-state index contributed by atoms with van der Waals surface area (Å²) in [6.07, 6.45) is 7.78. The number of nitrogens with zero attached hydrogens (tertiary/aromatic N) is 2. The van der Waals surface area contributed by atoms with E-state index in [4.69, 9.17) is 14.8 Å². The molecule has 30 heavy (non-hydrogen) atoms. The van der Waals surface area contributed by atoms with Gasteiger partial charge < -0.3 is 9.84 Å². The number of benzene rings is 1. The average Bonchev–Trinajstić information content (AvgIpc) is 3.22. The summed E-state index contributed by atoms with van der Waals surface area (Å²) in [4.78, 5) is 5.06. The second kappa shape index (κ2) is 7.50. The van der Waals surface area contributed by atoms with Crippen molar-refractivity contribution in [2.75, 3.05) is 24.6 Å². The van der Waals surface area contributed by atoms with E-state index in [1.165, 1.54) is 66.3 Å². The van der Waals surface area contributed by atoms with Crippen LogP contribution in [0.25, 0.3) is 0 Å². The van der Waals surface area contributed by atoms with Gasteiger partial charge in [0.1, 0.15) is 12.4 Å². The van der Waals surface area contributed by atoms with Crippen LogP contribution in [0, 0.1) is 17.8 Å². The van der Waals surface area contributed by atoms with Crippen molar-refractivity contribution in [3.8, 4) is 5.75 Å². The van der Waals surface area contributed by atoms with Gasteiger partial charge in [-0.25, -0.2) is 17.7 Å². The maximum atomic E-state index is 13.1. The molecule has 4 fully saturated rings. The maximum Gasteiger partial charge on any atom is 0.265 e. The molecule has 162 valence electrons. The Morgan fingerprint density at radius 1 is 1.13 bits per heavy atom. The number of ether oxygens (including phenoxy) is 1. The zero-order chi connectivity index (χ0) is 20.9. The molecule has 6 rings (SSSR count). The molecule has 4 aliphatic carbocycles. The number of aliphatic hydroxyl groups excluding tert-OH is 1. The highest BCUT2D eigenvalue weighted by Crippen LogP contribution is 2.60. The van der Waals surface area contributed by atoms with Gasteiger partial charge in [-0.2, -0.15) is 0 Å². The van der Waals surface area contributed by atoms with Gasteiger partial charge in [0.15, 0.2) is 5.13 Å². The molecule has 0 amide bonds. The van der Waals surface area contributed by atoms with Gasteiger partial charge >= 0.3 is 0 Å². The highest BCUT2D eigenvalue weighted by atomic mass is 32.2. The van der Waals surface area contributed by atoms with Crippen LogP contribution in [-0.2, 0) is 15.4 Å². The molecule has 1 heterocycles.